The zero-order valence-corrected chi connectivity index (χ0v) is 21.9. The van der Waals surface area contributed by atoms with Crippen molar-refractivity contribution in [2.75, 3.05) is 31.2 Å². The summed E-state index contributed by atoms with van der Waals surface area (Å²) in [6.07, 6.45) is -5.10. The monoisotopic (exact) mass is 577 g/mol. The second kappa shape index (κ2) is 8.54. The van der Waals surface area contributed by atoms with Gasteiger partial charge in [0.2, 0.25) is 0 Å². The highest BCUT2D eigenvalue weighted by Crippen LogP contribution is 2.65. The van der Waals surface area contributed by atoms with Gasteiger partial charge in [-0.15, -0.1) is 10.2 Å². The maximum absolute atomic E-state index is 15.8. The number of amides is 1. The van der Waals surface area contributed by atoms with Crippen molar-refractivity contribution >= 4 is 11.6 Å². The molecular formula is C28H25F6N5O2. The van der Waals surface area contributed by atoms with Gasteiger partial charge in [0.25, 0.3) is 11.8 Å². The Labute approximate surface area is 230 Å². The van der Waals surface area contributed by atoms with Crippen molar-refractivity contribution in [3.63, 3.8) is 0 Å². The SMILES string of the molecule is Cn1cnnc1[C@@H](F)C1(c2cccc(N3Cc4c(cc(CN5CC6(C5)CC6(F)F)cc4C(F)(F)F)C3=O)c2)COC1. The quantitative estimate of drug-likeness (QED) is 0.394. The maximum atomic E-state index is 15.8. The standard InChI is InChI=1S/C28H25F6N5O2/c1-37-15-35-36-23(37)22(29)26(13-41-14-26)17-3-2-4-18(7-17)39-9-20-19(24(39)40)5-16(6-21(20)28(32,33)34)8-38-11-25(12-38)10-27(25,30)31/h2-7,15,22H,8-14H2,1H3/t22-/m1/s1. The molecule has 216 valence electrons. The van der Waals surface area contributed by atoms with Gasteiger partial charge in [-0.1, -0.05) is 12.1 Å². The molecule has 3 fully saturated rings. The number of ether oxygens (including phenoxy) is 1. The average molecular weight is 578 g/mol. The zero-order valence-electron chi connectivity index (χ0n) is 21.9. The molecule has 3 aliphatic heterocycles. The summed E-state index contributed by atoms with van der Waals surface area (Å²) in [5, 5.41) is 7.64. The topological polar surface area (TPSA) is 63.5 Å². The van der Waals surface area contributed by atoms with Gasteiger partial charge in [0.15, 0.2) is 12.0 Å². The van der Waals surface area contributed by atoms with Gasteiger partial charge < -0.3 is 14.2 Å². The largest absolute Gasteiger partial charge is 0.416 e. The van der Waals surface area contributed by atoms with E-state index in [0.717, 1.165) is 6.07 Å². The van der Waals surface area contributed by atoms with Crippen LogP contribution in [0, 0.1) is 5.41 Å². The van der Waals surface area contributed by atoms with Crippen LogP contribution in [-0.4, -0.2) is 57.8 Å². The Morgan fingerprint density at radius 2 is 1.85 bits per heavy atom. The molecule has 0 radical (unpaired) electrons. The van der Waals surface area contributed by atoms with Crippen LogP contribution < -0.4 is 4.90 Å². The first-order valence-corrected chi connectivity index (χ1v) is 13.1. The van der Waals surface area contributed by atoms with E-state index in [2.05, 4.69) is 10.2 Å². The van der Waals surface area contributed by atoms with Gasteiger partial charge in [-0.25, -0.2) is 13.2 Å². The lowest BCUT2D eigenvalue weighted by atomic mass is 9.74. The Balaban J connectivity index is 1.18. The normalized spacial score (nSPS) is 22.8. The summed E-state index contributed by atoms with van der Waals surface area (Å²) in [5.74, 6) is -3.21. The van der Waals surface area contributed by atoms with Gasteiger partial charge >= 0.3 is 6.18 Å². The number of benzene rings is 2. The number of rotatable bonds is 6. The van der Waals surface area contributed by atoms with E-state index in [4.69, 9.17) is 4.74 Å². The number of aromatic nitrogens is 3. The number of halogens is 6. The van der Waals surface area contributed by atoms with Gasteiger partial charge in [0.05, 0.1) is 36.2 Å². The second-order valence-corrected chi connectivity index (χ2v) is 11.7. The van der Waals surface area contributed by atoms with Gasteiger partial charge in [-0.3, -0.25) is 9.69 Å². The number of carbonyl (C=O) groups excluding carboxylic acids is 1. The molecule has 7 nitrogen and oxygen atoms in total. The van der Waals surface area contributed by atoms with Crippen LogP contribution >= 0.6 is 0 Å². The van der Waals surface area contributed by atoms with E-state index in [9.17, 15) is 26.7 Å². The summed E-state index contributed by atoms with van der Waals surface area (Å²) in [5.41, 5.74) is -2.18. The van der Waals surface area contributed by atoms with Crippen LogP contribution in [-0.2, 0) is 36.5 Å². The van der Waals surface area contributed by atoms with Crippen LogP contribution in [0.1, 0.15) is 51.0 Å². The van der Waals surface area contributed by atoms with E-state index in [-0.39, 0.29) is 68.3 Å². The Hall–Kier alpha value is -3.45. The molecule has 13 heteroatoms. The van der Waals surface area contributed by atoms with Crippen molar-refractivity contribution in [3.8, 4) is 0 Å². The fraction of sp³-hybridized carbons (Fsp3) is 0.464. The minimum absolute atomic E-state index is 0.0411. The molecule has 3 aromatic rings. The molecular weight excluding hydrogens is 552 g/mol. The maximum Gasteiger partial charge on any atom is 0.416 e. The van der Waals surface area contributed by atoms with Gasteiger partial charge in [-0.2, -0.15) is 13.2 Å². The van der Waals surface area contributed by atoms with E-state index in [1.165, 1.54) is 21.9 Å². The number of aryl methyl sites for hydroxylation is 1. The number of carbonyl (C=O) groups is 1. The van der Waals surface area contributed by atoms with Crippen molar-refractivity contribution < 1.29 is 35.9 Å². The number of hydrogen-bond acceptors (Lipinski definition) is 5. The summed E-state index contributed by atoms with van der Waals surface area (Å²) < 4.78 is 92.4. The fourth-order valence-electron chi connectivity index (χ4n) is 6.46. The molecule has 1 saturated carbocycles. The van der Waals surface area contributed by atoms with Crippen molar-refractivity contribution in [2.24, 2.45) is 12.5 Å². The predicted molar refractivity (Wildman–Crippen MR) is 133 cm³/mol. The molecule has 4 heterocycles. The van der Waals surface area contributed by atoms with Crippen molar-refractivity contribution in [1.82, 2.24) is 19.7 Å². The molecule has 1 aliphatic carbocycles. The molecule has 2 aromatic carbocycles. The molecule has 0 bridgehead atoms. The smallest absolute Gasteiger partial charge is 0.379 e. The third-order valence-electron chi connectivity index (χ3n) is 8.99. The number of nitrogens with zero attached hydrogens (tertiary/aromatic N) is 5. The first-order chi connectivity index (χ1) is 19.3. The highest BCUT2D eigenvalue weighted by atomic mass is 19.4. The second-order valence-electron chi connectivity index (χ2n) is 11.7. The van der Waals surface area contributed by atoms with Gasteiger partial charge in [-0.05, 0) is 41.0 Å². The number of alkyl halides is 6. The molecule has 1 amide bonds. The number of likely N-dealkylation sites (tertiary alicyclic amines) is 1. The summed E-state index contributed by atoms with van der Waals surface area (Å²) >= 11 is 0. The third kappa shape index (κ3) is 3.92. The lowest BCUT2D eigenvalue weighted by molar-refractivity contribution is -0.138. The predicted octanol–water partition coefficient (Wildman–Crippen LogP) is 4.81. The molecule has 1 spiro atoms. The molecule has 7 rings (SSSR count). The fourth-order valence-corrected chi connectivity index (χ4v) is 6.46. The first kappa shape index (κ1) is 26.4. The summed E-state index contributed by atoms with van der Waals surface area (Å²) in [7, 11) is 1.62. The van der Waals surface area contributed by atoms with E-state index in [1.54, 1.807) is 36.2 Å². The van der Waals surface area contributed by atoms with Crippen LogP contribution in [0.2, 0.25) is 0 Å². The Bertz CT molecular complexity index is 1560. The van der Waals surface area contributed by atoms with Crippen molar-refractivity contribution in [3.05, 3.63) is 76.4 Å². The number of fused-ring (bicyclic) bond motifs is 1. The van der Waals surface area contributed by atoms with Crippen LogP contribution in [0.5, 0.6) is 0 Å². The molecule has 0 N–H and O–H groups in total. The van der Waals surface area contributed by atoms with Gasteiger partial charge in [0.1, 0.15) is 6.33 Å². The Morgan fingerprint density at radius 1 is 1.12 bits per heavy atom. The average Bonchev–Trinajstić information content (AvgIpc) is 3.13. The molecule has 2 saturated heterocycles. The minimum atomic E-state index is -4.72. The molecule has 1 atom stereocenters. The van der Waals surface area contributed by atoms with Crippen LogP contribution in [0.3, 0.4) is 0 Å². The van der Waals surface area contributed by atoms with E-state index in [1.807, 2.05) is 0 Å². The van der Waals surface area contributed by atoms with E-state index < -0.39 is 40.6 Å². The number of hydrogen-bond donors (Lipinski definition) is 0. The van der Waals surface area contributed by atoms with Crippen molar-refractivity contribution in [2.45, 2.75) is 43.2 Å². The lowest BCUT2D eigenvalue weighted by Gasteiger charge is -2.43. The highest BCUT2D eigenvalue weighted by molar-refractivity contribution is 6.10. The molecule has 4 aliphatic rings. The number of anilines is 1. The third-order valence-corrected chi connectivity index (χ3v) is 8.99. The van der Waals surface area contributed by atoms with Crippen LogP contribution in [0.4, 0.5) is 32.0 Å². The summed E-state index contributed by atoms with van der Waals surface area (Å²) in [6, 6.07) is 8.98. The molecule has 0 unspecified atom stereocenters. The van der Waals surface area contributed by atoms with E-state index >= 15 is 4.39 Å². The zero-order chi connectivity index (χ0) is 28.9. The Kier molecular flexibility index (Phi) is 5.51. The first-order valence-electron chi connectivity index (χ1n) is 13.1. The van der Waals surface area contributed by atoms with Gasteiger partial charge in [0, 0.05) is 44.4 Å². The van der Waals surface area contributed by atoms with Crippen LogP contribution in [0.25, 0.3) is 0 Å². The lowest BCUT2D eigenvalue weighted by Crippen LogP contribution is -2.50. The van der Waals surface area contributed by atoms with Crippen LogP contribution in [0.15, 0.2) is 42.7 Å². The summed E-state index contributed by atoms with van der Waals surface area (Å²) in [6.45, 7) is 0.0757. The highest BCUT2D eigenvalue weighted by Gasteiger charge is 2.75. The molecule has 41 heavy (non-hydrogen) atoms. The minimum Gasteiger partial charge on any atom is -0.379 e. The van der Waals surface area contributed by atoms with Crippen molar-refractivity contribution in [1.29, 1.82) is 0 Å². The van der Waals surface area contributed by atoms with E-state index in [0.29, 0.717) is 11.3 Å². The summed E-state index contributed by atoms with van der Waals surface area (Å²) in [4.78, 5) is 16.5. The molecule has 1 aromatic heterocycles. The Morgan fingerprint density at radius 3 is 2.44 bits per heavy atom.